The van der Waals surface area contributed by atoms with Crippen molar-refractivity contribution in [3.63, 3.8) is 0 Å². The van der Waals surface area contributed by atoms with Gasteiger partial charge >= 0.3 is 0 Å². The first-order valence-corrected chi connectivity index (χ1v) is 9.22. The van der Waals surface area contributed by atoms with Gasteiger partial charge in [-0.2, -0.15) is 5.10 Å². The van der Waals surface area contributed by atoms with Crippen LogP contribution in [0.3, 0.4) is 0 Å². The Bertz CT molecular complexity index is 910. The van der Waals surface area contributed by atoms with Crippen molar-refractivity contribution in [1.29, 1.82) is 0 Å². The largest absolute Gasteiger partial charge is 0.340 e. The molecule has 3 aromatic rings. The fourth-order valence-electron chi connectivity index (χ4n) is 3.62. The van der Waals surface area contributed by atoms with E-state index in [4.69, 9.17) is 0 Å². The van der Waals surface area contributed by atoms with E-state index in [-0.39, 0.29) is 18.4 Å². The SMILES string of the molecule is Cc1ccnn1CC(=O)N1CCCC(c2nnc(Cn3ccnc3)n2C)C1. The van der Waals surface area contributed by atoms with Crippen LogP contribution in [0.15, 0.2) is 31.0 Å². The van der Waals surface area contributed by atoms with Gasteiger partial charge in [0, 0.05) is 50.3 Å². The Hall–Kier alpha value is -2.97. The van der Waals surface area contributed by atoms with Crippen molar-refractivity contribution in [3.05, 3.63) is 48.3 Å². The third-order valence-electron chi connectivity index (χ3n) is 5.24. The monoisotopic (exact) mass is 368 g/mol. The number of rotatable bonds is 5. The summed E-state index contributed by atoms with van der Waals surface area (Å²) in [7, 11) is 2.00. The first kappa shape index (κ1) is 17.4. The molecule has 0 saturated carbocycles. The highest BCUT2D eigenvalue weighted by Gasteiger charge is 2.28. The molecule has 1 aliphatic heterocycles. The third kappa shape index (κ3) is 3.62. The summed E-state index contributed by atoms with van der Waals surface area (Å²) in [6.45, 7) is 4.35. The predicted octanol–water partition coefficient (Wildman–Crippen LogP) is 0.971. The van der Waals surface area contributed by atoms with E-state index in [0.717, 1.165) is 36.7 Å². The van der Waals surface area contributed by atoms with Gasteiger partial charge in [0.15, 0.2) is 5.82 Å². The van der Waals surface area contributed by atoms with Crippen LogP contribution in [0.4, 0.5) is 0 Å². The fourth-order valence-corrected chi connectivity index (χ4v) is 3.62. The maximum absolute atomic E-state index is 12.7. The Balaban J connectivity index is 1.44. The second-order valence-corrected chi connectivity index (χ2v) is 7.08. The second-order valence-electron chi connectivity index (χ2n) is 7.08. The van der Waals surface area contributed by atoms with Crippen LogP contribution in [0, 0.1) is 6.92 Å². The van der Waals surface area contributed by atoms with Crippen LogP contribution in [0.5, 0.6) is 0 Å². The molecule has 0 N–H and O–H groups in total. The molecule has 0 bridgehead atoms. The van der Waals surface area contributed by atoms with Gasteiger partial charge in [-0.1, -0.05) is 0 Å². The Morgan fingerprint density at radius 2 is 2.19 bits per heavy atom. The summed E-state index contributed by atoms with van der Waals surface area (Å²) in [6, 6.07) is 1.91. The molecule has 3 aromatic heterocycles. The van der Waals surface area contributed by atoms with E-state index in [9.17, 15) is 4.79 Å². The van der Waals surface area contributed by atoms with Gasteiger partial charge in [0.05, 0.1) is 12.9 Å². The summed E-state index contributed by atoms with van der Waals surface area (Å²) in [5.74, 6) is 2.14. The van der Waals surface area contributed by atoms with Crippen LogP contribution in [0.25, 0.3) is 0 Å². The smallest absolute Gasteiger partial charge is 0.244 e. The molecular weight excluding hydrogens is 344 g/mol. The Morgan fingerprint density at radius 3 is 2.93 bits per heavy atom. The first-order valence-electron chi connectivity index (χ1n) is 9.22. The van der Waals surface area contributed by atoms with Gasteiger partial charge in [-0.25, -0.2) is 4.98 Å². The Labute approximate surface area is 157 Å². The molecule has 1 saturated heterocycles. The van der Waals surface area contributed by atoms with Crippen LogP contribution in [0.2, 0.25) is 0 Å². The minimum Gasteiger partial charge on any atom is -0.340 e. The summed E-state index contributed by atoms with van der Waals surface area (Å²) < 4.78 is 5.77. The van der Waals surface area contributed by atoms with E-state index in [0.29, 0.717) is 13.1 Å². The van der Waals surface area contributed by atoms with Crippen molar-refractivity contribution in [3.8, 4) is 0 Å². The van der Waals surface area contributed by atoms with E-state index in [1.165, 1.54) is 0 Å². The van der Waals surface area contributed by atoms with Crippen LogP contribution >= 0.6 is 0 Å². The van der Waals surface area contributed by atoms with Crippen molar-refractivity contribution in [2.75, 3.05) is 13.1 Å². The average molecular weight is 368 g/mol. The first-order chi connectivity index (χ1) is 13.1. The number of aromatic nitrogens is 7. The number of imidazole rings is 1. The molecule has 4 rings (SSSR count). The van der Waals surface area contributed by atoms with Crippen molar-refractivity contribution in [2.24, 2.45) is 7.05 Å². The van der Waals surface area contributed by atoms with Gasteiger partial charge in [0.1, 0.15) is 12.4 Å². The number of carbonyl (C=O) groups excluding carboxylic acids is 1. The average Bonchev–Trinajstić information content (AvgIpc) is 3.40. The van der Waals surface area contributed by atoms with Crippen molar-refractivity contribution in [1.82, 2.24) is 39.0 Å². The molecule has 4 heterocycles. The second kappa shape index (κ2) is 7.34. The van der Waals surface area contributed by atoms with Gasteiger partial charge in [-0.05, 0) is 25.8 Å². The normalized spacial score (nSPS) is 17.4. The number of aryl methyl sites for hydroxylation is 1. The summed E-state index contributed by atoms with van der Waals surface area (Å²) >= 11 is 0. The summed E-state index contributed by atoms with van der Waals surface area (Å²) in [5.41, 5.74) is 0.995. The molecule has 1 atom stereocenters. The Morgan fingerprint density at radius 1 is 1.30 bits per heavy atom. The molecule has 1 fully saturated rings. The highest BCUT2D eigenvalue weighted by Crippen LogP contribution is 2.26. The molecule has 27 heavy (non-hydrogen) atoms. The number of amides is 1. The third-order valence-corrected chi connectivity index (χ3v) is 5.24. The topological polar surface area (TPSA) is 86.7 Å². The Kier molecular flexibility index (Phi) is 4.74. The zero-order valence-electron chi connectivity index (χ0n) is 15.7. The molecule has 1 amide bonds. The standard InChI is InChI=1S/C18H24N8O/c1-14-5-6-20-26(14)12-17(27)25-8-3-4-15(10-25)18-22-21-16(23(18)2)11-24-9-7-19-13-24/h5-7,9,13,15H,3-4,8,10-12H2,1-2H3. The van der Waals surface area contributed by atoms with Gasteiger partial charge < -0.3 is 14.0 Å². The maximum atomic E-state index is 12.7. The number of likely N-dealkylation sites (tertiary alicyclic amines) is 1. The quantitative estimate of drug-likeness (QED) is 0.670. The van der Waals surface area contributed by atoms with Gasteiger partial charge in [-0.3, -0.25) is 9.48 Å². The lowest BCUT2D eigenvalue weighted by Gasteiger charge is -2.32. The molecule has 0 radical (unpaired) electrons. The van der Waals surface area contributed by atoms with Crippen LogP contribution in [0.1, 0.15) is 36.1 Å². The lowest BCUT2D eigenvalue weighted by molar-refractivity contribution is -0.133. The van der Waals surface area contributed by atoms with E-state index in [2.05, 4.69) is 24.8 Å². The highest BCUT2D eigenvalue weighted by molar-refractivity contribution is 5.76. The minimum atomic E-state index is 0.104. The summed E-state index contributed by atoms with van der Waals surface area (Å²) in [4.78, 5) is 18.7. The molecule has 1 unspecified atom stereocenters. The fraction of sp³-hybridized carbons (Fsp3) is 0.500. The molecule has 142 valence electrons. The highest BCUT2D eigenvalue weighted by atomic mass is 16.2. The van der Waals surface area contributed by atoms with E-state index in [1.807, 2.05) is 35.7 Å². The molecule has 0 aliphatic carbocycles. The molecular formula is C18H24N8O. The lowest BCUT2D eigenvalue weighted by Crippen LogP contribution is -2.41. The molecule has 0 spiro atoms. The van der Waals surface area contributed by atoms with E-state index >= 15 is 0 Å². The van der Waals surface area contributed by atoms with Gasteiger partial charge in [0.2, 0.25) is 5.91 Å². The van der Waals surface area contributed by atoms with E-state index in [1.54, 1.807) is 23.4 Å². The minimum absolute atomic E-state index is 0.104. The van der Waals surface area contributed by atoms with Crippen LogP contribution < -0.4 is 0 Å². The van der Waals surface area contributed by atoms with Crippen molar-refractivity contribution in [2.45, 2.75) is 38.8 Å². The molecule has 9 heteroatoms. The van der Waals surface area contributed by atoms with Gasteiger partial charge in [-0.15, -0.1) is 10.2 Å². The van der Waals surface area contributed by atoms with Crippen molar-refractivity contribution < 1.29 is 4.79 Å². The number of hydrogen-bond acceptors (Lipinski definition) is 5. The van der Waals surface area contributed by atoms with Crippen LogP contribution in [-0.2, 0) is 24.9 Å². The lowest BCUT2D eigenvalue weighted by atomic mass is 9.97. The number of carbonyl (C=O) groups is 1. The van der Waals surface area contributed by atoms with Crippen molar-refractivity contribution >= 4 is 5.91 Å². The maximum Gasteiger partial charge on any atom is 0.244 e. The number of piperidine rings is 1. The summed E-state index contributed by atoms with van der Waals surface area (Å²) in [5, 5.41) is 13.0. The van der Waals surface area contributed by atoms with Gasteiger partial charge in [0.25, 0.3) is 0 Å². The van der Waals surface area contributed by atoms with E-state index < -0.39 is 0 Å². The predicted molar refractivity (Wildman–Crippen MR) is 97.9 cm³/mol. The zero-order valence-corrected chi connectivity index (χ0v) is 15.7. The molecule has 1 aliphatic rings. The molecule has 9 nitrogen and oxygen atoms in total. The zero-order chi connectivity index (χ0) is 18.8. The number of nitrogens with zero attached hydrogens (tertiary/aromatic N) is 8. The summed E-state index contributed by atoms with van der Waals surface area (Å²) in [6.07, 6.45) is 9.14. The molecule has 0 aromatic carbocycles. The number of hydrogen-bond donors (Lipinski definition) is 0. The van der Waals surface area contributed by atoms with Crippen LogP contribution in [-0.4, -0.2) is 58.0 Å².